The van der Waals surface area contributed by atoms with Gasteiger partial charge in [-0.2, -0.15) is 0 Å². The van der Waals surface area contributed by atoms with Crippen molar-refractivity contribution in [2.24, 2.45) is 21.7 Å². The lowest BCUT2D eigenvalue weighted by molar-refractivity contribution is 0.0346. The molecule has 0 spiro atoms. The summed E-state index contributed by atoms with van der Waals surface area (Å²) in [4.78, 5) is 0. The molecule has 5 aliphatic rings. The normalized spacial score (nSPS) is 54.4. The second-order valence-electron chi connectivity index (χ2n) is 8.07. The molecule has 0 amide bonds. The molecule has 0 aromatic heterocycles. The molecule has 0 nitrogen and oxygen atoms in total. The molecule has 0 heteroatoms. The molecule has 0 saturated heterocycles. The molecule has 0 aliphatic heterocycles. The van der Waals surface area contributed by atoms with Crippen molar-refractivity contribution in [2.45, 2.75) is 51.4 Å². The molecular weight excluding hydrogens is 240 g/mol. The van der Waals surface area contributed by atoms with Crippen LogP contribution < -0.4 is 0 Å². The Bertz CT molecular complexity index is 485. The second kappa shape index (κ2) is 3.40. The first-order valence-electron chi connectivity index (χ1n) is 8.45. The van der Waals surface area contributed by atoms with Gasteiger partial charge in [0.2, 0.25) is 0 Å². The van der Waals surface area contributed by atoms with E-state index in [0.717, 1.165) is 0 Å². The van der Waals surface area contributed by atoms with E-state index in [1.807, 2.05) is 0 Å². The van der Waals surface area contributed by atoms with Gasteiger partial charge in [0.05, 0.1) is 0 Å². The van der Waals surface area contributed by atoms with Gasteiger partial charge in [0.1, 0.15) is 0 Å². The van der Waals surface area contributed by atoms with Gasteiger partial charge in [0.25, 0.3) is 0 Å². The Balaban J connectivity index is 1.60. The Hall–Kier alpha value is -1.04. The summed E-state index contributed by atoms with van der Waals surface area (Å²) in [5.74, 6) is 0. The summed E-state index contributed by atoms with van der Waals surface area (Å²) in [7, 11) is 0. The predicted molar refractivity (Wildman–Crippen MR) is 83.2 cm³/mol. The molecule has 104 valence electrons. The van der Waals surface area contributed by atoms with E-state index in [1.165, 1.54) is 51.4 Å². The Morgan fingerprint density at radius 3 is 1.15 bits per heavy atom. The molecule has 0 aromatic carbocycles. The lowest BCUT2D eigenvalue weighted by atomic mass is 9.53. The van der Waals surface area contributed by atoms with Gasteiger partial charge in [-0.15, -0.1) is 0 Å². The summed E-state index contributed by atoms with van der Waals surface area (Å²) in [6.07, 6.45) is 31.1. The van der Waals surface area contributed by atoms with Crippen LogP contribution in [0.3, 0.4) is 0 Å². The van der Waals surface area contributed by atoms with E-state index < -0.39 is 0 Å². The van der Waals surface area contributed by atoms with Gasteiger partial charge in [0.15, 0.2) is 0 Å². The van der Waals surface area contributed by atoms with Crippen molar-refractivity contribution >= 4 is 0 Å². The monoisotopic (exact) mass is 264 g/mol. The molecule has 20 heavy (non-hydrogen) atoms. The van der Waals surface area contributed by atoms with Gasteiger partial charge in [-0.3, -0.25) is 0 Å². The topological polar surface area (TPSA) is 0 Å². The quantitative estimate of drug-likeness (QED) is 0.518. The van der Waals surface area contributed by atoms with Crippen LogP contribution in [0.5, 0.6) is 0 Å². The van der Waals surface area contributed by atoms with Crippen molar-refractivity contribution in [3.8, 4) is 0 Å². The minimum Gasteiger partial charge on any atom is -0.0870 e. The fourth-order valence-corrected chi connectivity index (χ4v) is 6.35. The van der Waals surface area contributed by atoms with E-state index >= 15 is 0 Å². The summed E-state index contributed by atoms with van der Waals surface area (Å²) in [5.41, 5.74) is 1.92. The van der Waals surface area contributed by atoms with Gasteiger partial charge in [-0.1, -0.05) is 48.6 Å². The number of hydrogen-bond donors (Lipinski definition) is 0. The van der Waals surface area contributed by atoms with Crippen LogP contribution in [-0.2, 0) is 0 Å². The van der Waals surface area contributed by atoms with Crippen LogP contribution in [0.25, 0.3) is 0 Å². The van der Waals surface area contributed by atoms with Gasteiger partial charge < -0.3 is 0 Å². The largest absolute Gasteiger partial charge is 0.0870 e. The van der Waals surface area contributed by atoms with Crippen molar-refractivity contribution < 1.29 is 0 Å². The lowest BCUT2D eigenvalue weighted by Crippen LogP contribution is -2.42. The zero-order chi connectivity index (χ0) is 13.3. The van der Waals surface area contributed by atoms with E-state index in [1.54, 1.807) is 0 Å². The van der Waals surface area contributed by atoms with Crippen LogP contribution in [0.1, 0.15) is 51.4 Å². The van der Waals surface area contributed by atoms with Crippen molar-refractivity contribution in [3.63, 3.8) is 0 Å². The fraction of sp³-hybridized carbons (Fsp3) is 0.600. The van der Waals surface area contributed by atoms with Crippen LogP contribution in [-0.4, -0.2) is 0 Å². The van der Waals surface area contributed by atoms with Crippen LogP contribution >= 0.6 is 0 Å². The predicted octanol–water partition coefficient (Wildman–Crippen LogP) is 5.35. The molecule has 5 rings (SSSR count). The molecular formula is C20H24. The first-order chi connectivity index (χ1) is 9.74. The maximum atomic E-state index is 2.57. The van der Waals surface area contributed by atoms with Gasteiger partial charge in [0, 0.05) is 10.8 Å². The Morgan fingerprint density at radius 2 is 0.800 bits per heavy atom. The van der Waals surface area contributed by atoms with E-state index in [-0.39, 0.29) is 0 Å². The second-order valence-corrected chi connectivity index (χ2v) is 8.07. The van der Waals surface area contributed by atoms with E-state index in [4.69, 9.17) is 0 Å². The Kier molecular flexibility index (Phi) is 1.97. The average molecular weight is 264 g/mol. The minimum atomic E-state index is 0.404. The summed E-state index contributed by atoms with van der Waals surface area (Å²) in [5, 5.41) is 0. The fourth-order valence-electron chi connectivity index (χ4n) is 6.35. The average Bonchev–Trinajstić information content (AvgIpc) is 3.08. The molecule has 0 atom stereocenters. The maximum absolute atomic E-state index is 2.57. The van der Waals surface area contributed by atoms with Crippen molar-refractivity contribution in [3.05, 3.63) is 48.6 Å². The zero-order valence-corrected chi connectivity index (χ0v) is 12.3. The third-order valence-corrected chi connectivity index (χ3v) is 7.70. The SMILES string of the molecule is C1=CC23C=CCC2(C1)CCC12CC=CC1(C=CC2)CC3. The molecule has 1 fully saturated rings. The highest BCUT2D eigenvalue weighted by atomic mass is 14.6. The van der Waals surface area contributed by atoms with Crippen molar-refractivity contribution in [1.82, 2.24) is 0 Å². The molecule has 0 bridgehead atoms. The first-order valence-corrected chi connectivity index (χ1v) is 8.45. The number of allylic oxidation sites excluding steroid dienone is 8. The molecule has 1 saturated carbocycles. The smallest absolute Gasteiger partial charge is 0.0124 e. The zero-order valence-electron chi connectivity index (χ0n) is 12.3. The van der Waals surface area contributed by atoms with Crippen LogP contribution in [0.4, 0.5) is 0 Å². The Labute approximate surface area is 122 Å². The highest BCUT2D eigenvalue weighted by Crippen LogP contribution is 2.69. The first kappa shape index (κ1) is 11.6. The third kappa shape index (κ3) is 1.09. The standard InChI is InChI=1S/C20H24/c1-5-17-7-2-8-18(17,6-1)14-16-20-10-3-9-19(20,15-13-17)11-4-12-20/h1-5,7,9,11H,6,8,10,12-16H2. The van der Waals surface area contributed by atoms with Crippen LogP contribution in [0.15, 0.2) is 48.6 Å². The Morgan fingerprint density at radius 1 is 0.450 bits per heavy atom. The highest BCUT2D eigenvalue weighted by Gasteiger charge is 2.59. The summed E-state index contributed by atoms with van der Waals surface area (Å²) < 4.78 is 0. The van der Waals surface area contributed by atoms with Crippen LogP contribution in [0.2, 0.25) is 0 Å². The van der Waals surface area contributed by atoms with Crippen molar-refractivity contribution in [1.29, 1.82) is 0 Å². The van der Waals surface area contributed by atoms with Crippen LogP contribution in [0, 0.1) is 21.7 Å². The lowest BCUT2D eigenvalue weighted by Gasteiger charge is -2.50. The van der Waals surface area contributed by atoms with Gasteiger partial charge >= 0.3 is 0 Å². The minimum absolute atomic E-state index is 0.404. The maximum Gasteiger partial charge on any atom is 0.0124 e. The molecule has 0 heterocycles. The number of rotatable bonds is 0. The number of hydrogen-bond acceptors (Lipinski definition) is 0. The molecule has 0 radical (unpaired) electrons. The molecule has 0 unspecified atom stereocenters. The highest BCUT2D eigenvalue weighted by molar-refractivity contribution is 5.36. The van der Waals surface area contributed by atoms with Gasteiger partial charge in [-0.25, -0.2) is 0 Å². The molecule has 5 aliphatic carbocycles. The summed E-state index contributed by atoms with van der Waals surface area (Å²) >= 11 is 0. The van der Waals surface area contributed by atoms with Gasteiger partial charge in [-0.05, 0) is 62.2 Å². The summed E-state index contributed by atoms with van der Waals surface area (Å²) in [6, 6.07) is 0. The summed E-state index contributed by atoms with van der Waals surface area (Å²) in [6.45, 7) is 0. The van der Waals surface area contributed by atoms with E-state index in [9.17, 15) is 0 Å². The van der Waals surface area contributed by atoms with E-state index in [0.29, 0.717) is 21.7 Å². The molecule has 0 N–H and O–H groups in total. The van der Waals surface area contributed by atoms with Crippen molar-refractivity contribution in [2.75, 3.05) is 0 Å². The van der Waals surface area contributed by atoms with E-state index in [2.05, 4.69) is 48.6 Å². The third-order valence-electron chi connectivity index (χ3n) is 7.70. The molecule has 0 aromatic rings.